The van der Waals surface area contributed by atoms with Crippen molar-refractivity contribution in [3.05, 3.63) is 121 Å². The summed E-state index contributed by atoms with van der Waals surface area (Å²) in [5.74, 6) is 0.206. The first-order chi connectivity index (χ1) is 19.9. The molecule has 0 spiro atoms. The number of nitrogens with zero attached hydrogens (tertiary/aromatic N) is 3. The molecule has 1 heterocycles. The third-order valence-corrected chi connectivity index (χ3v) is 8.11. The van der Waals surface area contributed by atoms with Crippen LogP contribution in [0.15, 0.2) is 83.3 Å². The number of carbonyl (C=O) groups is 1. The molecule has 2 aliphatic rings. The number of ketones is 1. The summed E-state index contributed by atoms with van der Waals surface area (Å²) < 4.78 is 6.12. The number of ether oxygens (including phenoxy) is 1. The molecule has 8 nitrogen and oxygen atoms in total. The average Bonchev–Trinajstić information content (AvgIpc) is 2.93. The normalized spacial score (nSPS) is 18.0. The van der Waals surface area contributed by atoms with Gasteiger partial charge in [-0.15, -0.1) is 0 Å². The van der Waals surface area contributed by atoms with Crippen LogP contribution >= 0.6 is 0 Å². The zero-order valence-corrected chi connectivity index (χ0v) is 24.5. The Labute approximate surface area is 245 Å². The molecule has 8 heteroatoms. The van der Waals surface area contributed by atoms with E-state index in [1.54, 1.807) is 17.0 Å². The minimum absolute atomic E-state index is 0.0553. The molecular formula is C34H34N4O4. The molecule has 0 saturated carbocycles. The van der Waals surface area contributed by atoms with Crippen molar-refractivity contribution >= 4 is 17.2 Å². The first-order valence-corrected chi connectivity index (χ1v) is 13.9. The number of allylic oxidation sites excluding steroid dienone is 3. The van der Waals surface area contributed by atoms with Crippen LogP contribution in [0.4, 0.5) is 11.4 Å². The number of non-ortho nitro benzene ring substituents is 1. The van der Waals surface area contributed by atoms with E-state index in [0.717, 1.165) is 33.6 Å². The van der Waals surface area contributed by atoms with Crippen LogP contribution < -0.4 is 15.4 Å². The fourth-order valence-electron chi connectivity index (χ4n) is 6.07. The van der Waals surface area contributed by atoms with Gasteiger partial charge in [0.2, 0.25) is 0 Å². The first kappa shape index (κ1) is 28.6. The van der Waals surface area contributed by atoms with Crippen LogP contribution in [0.3, 0.4) is 0 Å². The SMILES string of the molecule is Cc1ccc(OCc2cc(C)cc(C3C(C#N)=C(N)N(c4cccc([N+](=O)[O-])c4)C4=C3C(=O)CC(C)(C)C4)c2C)cc1. The van der Waals surface area contributed by atoms with E-state index in [0.29, 0.717) is 36.4 Å². The average molecular weight is 563 g/mol. The summed E-state index contributed by atoms with van der Waals surface area (Å²) in [4.78, 5) is 26.8. The molecule has 214 valence electrons. The van der Waals surface area contributed by atoms with E-state index in [1.807, 2.05) is 65.0 Å². The Hall–Kier alpha value is -4.90. The number of aryl methyl sites for hydroxylation is 2. The fraction of sp³-hybridized carbons (Fsp3) is 0.294. The van der Waals surface area contributed by atoms with Gasteiger partial charge in [0.05, 0.1) is 28.2 Å². The summed E-state index contributed by atoms with van der Waals surface area (Å²) in [6.45, 7) is 10.4. The molecule has 0 bridgehead atoms. The number of carbonyl (C=O) groups excluding carboxylic acids is 1. The van der Waals surface area contributed by atoms with Gasteiger partial charge in [-0.05, 0) is 67.5 Å². The van der Waals surface area contributed by atoms with Gasteiger partial charge in [0.1, 0.15) is 18.2 Å². The van der Waals surface area contributed by atoms with E-state index in [-0.39, 0.29) is 28.3 Å². The number of rotatable bonds is 6. The van der Waals surface area contributed by atoms with Crippen LogP contribution in [0, 0.1) is 47.6 Å². The molecular weight excluding hydrogens is 528 g/mol. The molecule has 1 aliphatic carbocycles. The van der Waals surface area contributed by atoms with Gasteiger partial charge in [-0.25, -0.2) is 0 Å². The number of nitro groups is 1. The Balaban J connectivity index is 1.67. The molecule has 3 aromatic carbocycles. The van der Waals surface area contributed by atoms with Gasteiger partial charge in [-0.1, -0.05) is 55.3 Å². The van der Waals surface area contributed by atoms with E-state index in [4.69, 9.17) is 10.5 Å². The number of hydrogen-bond donors (Lipinski definition) is 1. The second kappa shape index (κ2) is 10.8. The van der Waals surface area contributed by atoms with Crippen LogP contribution in [-0.4, -0.2) is 10.7 Å². The first-order valence-electron chi connectivity index (χ1n) is 13.9. The van der Waals surface area contributed by atoms with Crippen molar-refractivity contribution in [3.63, 3.8) is 0 Å². The molecule has 1 aliphatic heterocycles. The Morgan fingerprint density at radius 3 is 2.45 bits per heavy atom. The standard InChI is InChI=1S/C34H34N4O4/c1-20-9-11-26(12-10-20)42-19-23-13-21(2)14-27(22(23)3)31-28(18-35)33(36)37(24-7-6-8-25(15-24)38(40)41)29-16-34(4,5)17-30(39)32(29)31/h6-15,31H,16-17,19,36H2,1-5H3. The van der Waals surface area contributed by atoms with Crippen LogP contribution in [0.2, 0.25) is 0 Å². The molecule has 0 aromatic heterocycles. The second-order valence-corrected chi connectivity index (χ2v) is 12.0. The predicted molar refractivity (Wildman–Crippen MR) is 162 cm³/mol. The Morgan fingerprint density at radius 2 is 1.79 bits per heavy atom. The molecule has 0 radical (unpaired) electrons. The van der Waals surface area contributed by atoms with E-state index >= 15 is 0 Å². The monoisotopic (exact) mass is 562 g/mol. The number of benzene rings is 3. The summed E-state index contributed by atoms with van der Waals surface area (Å²) in [5.41, 5.74) is 13.0. The summed E-state index contributed by atoms with van der Waals surface area (Å²) in [6, 6.07) is 20.4. The molecule has 0 saturated heterocycles. The van der Waals surface area contributed by atoms with Crippen molar-refractivity contribution in [1.82, 2.24) is 0 Å². The van der Waals surface area contributed by atoms with Gasteiger partial charge in [-0.3, -0.25) is 19.8 Å². The number of nitriles is 1. The van der Waals surface area contributed by atoms with Gasteiger partial charge in [0.25, 0.3) is 5.69 Å². The molecule has 0 fully saturated rings. The molecule has 42 heavy (non-hydrogen) atoms. The summed E-state index contributed by atoms with van der Waals surface area (Å²) in [6.07, 6.45) is 0.832. The van der Waals surface area contributed by atoms with Crippen LogP contribution in [0.5, 0.6) is 5.75 Å². The third kappa shape index (κ3) is 5.26. The Kier molecular flexibility index (Phi) is 7.38. The smallest absolute Gasteiger partial charge is 0.271 e. The molecule has 1 atom stereocenters. The van der Waals surface area contributed by atoms with Gasteiger partial charge in [0, 0.05) is 29.8 Å². The lowest BCUT2D eigenvalue weighted by molar-refractivity contribution is -0.384. The molecule has 2 N–H and O–H groups in total. The largest absolute Gasteiger partial charge is 0.489 e. The molecule has 0 amide bonds. The van der Waals surface area contributed by atoms with Gasteiger partial charge < -0.3 is 10.5 Å². The number of hydrogen-bond acceptors (Lipinski definition) is 7. The Morgan fingerprint density at radius 1 is 1.07 bits per heavy atom. The highest BCUT2D eigenvalue weighted by molar-refractivity contribution is 6.01. The highest BCUT2D eigenvalue weighted by atomic mass is 16.6. The van der Waals surface area contributed by atoms with Gasteiger partial charge in [0.15, 0.2) is 5.78 Å². The van der Waals surface area contributed by atoms with Crippen LogP contribution in [0.25, 0.3) is 0 Å². The number of anilines is 1. The number of nitrogens with two attached hydrogens (primary N) is 1. The van der Waals surface area contributed by atoms with Crippen LogP contribution in [-0.2, 0) is 11.4 Å². The highest BCUT2D eigenvalue weighted by Crippen LogP contribution is 2.51. The predicted octanol–water partition coefficient (Wildman–Crippen LogP) is 7.04. The molecule has 5 rings (SSSR count). The van der Waals surface area contributed by atoms with Crippen molar-refractivity contribution in [2.24, 2.45) is 11.1 Å². The van der Waals surface area contributed by atoms with Gasteiger partial charge in [-0.2, -0.15) is 5.26 Å². The third-order valence-electron chi connectivity index (χ3n) is 8.11. The van der Waals surface area contributed by atoms with E-state index in [1.165, 1.54) is 12.1 Å². The van der Waals surface area contributed by atoms with Gasteiger partial charge >= 0.3 is 0 Å². The summed E-state index contributed by atoms with van der Waals surface area (Å²) in [7, 11) is 0. The Bertz CT molecular complexity index is 1710. The second-order valence-electron chi connectivity index (χ2n) is 12.0. The topological polar surface area (TPSA) is 122 Å². The molecule has 1 unspecified atom stereocenters. The van der Waals surface area contributed by atoms with Crippen molar-refractivity contribution in [3.8, 4) is 11.8 Å². The van der Waals surface area contributed by atoms with Crippen molar-refractivity contribution in [2.45, 2.75) is 60.0 Å². The number of nitro benzene ring substituents is 1. The maximum atomic E-state index is 14.0. The van der Waals surface area contributed by atoms with Crippen molar-refractivity contribution in [2.75, 3.05) is 4.90 Å². The lowest BCUT2D eigenvalue weighted by Crippen LogP contribution is -2.42. The minimum Gasteiger partial charge on any atom is -0.489 e. The van der Waals surface area contributed by atoms with E-state index in [9.17, 15) is 20.2 Å². The zero-order chi connectivity index (χ0) is 30.3. The maximum absolute atomic E-state index is 14.0. The lowest BCUT2D eigenvalue weighted by Gasteiger charge is -2.44. The van der Waals surface area contributed by atoms with Crippen molar-refractivity contribution < 1.29 is 14.5 Å². The summed E-state index contributed by atoms with van der Waals surface area (Å²) in [5, 5.41) is 22.1. The number of Topliss-reactive ketones (excluding diaryl/α,β-unsaturated/α-hetero) is 1. The quantitative estimate of drug-likeness (QED) is 0.252. The highest BCUT2D eigenvalue weighted by Gasteiger charge is 2.45. The zero-order valence-electron chi connectivity index (χ0n) is 24.5. The minimum atomic E-state index is -0.665. The maximum Gasteiger partial charge on any atom is 0.271 e. The van der Waals surface area contributed by atoms with Crippen LogP contribution in [0.1, 0.15) is 60.4 Å². The molecule has 3 aromatic rings. The fourth-order valence-corrected chi connectivity index (χ4v) is 6.07. The van der Waals surface area contributed by atoms with E-state index in [2.05, 4.69) is 12.1 Å². The van der Waals surface area contributed by atoms with E-state index < -0.39 is 10.8 Å². The summed E-state index contributed by atoms with van der Waals surface area (Å²) >= 11 is 0. The lowest BCUT2D eigenvalue weighted by atomic mass is 9.68. The van der Waals surface area contributed by atoms with Crippen molar-refractivity contribution in [1.29, 1.82) is 5.26 Å².